The summed E-state index contributed by atoms with van der Waals surface area (Å²) < 4.78 is 46.6. The van der Waals surface area contributed by atoms with E-state index in [-0.39, 0.29) is 31.0 Å². The molecule has 4 rings (SSSR count). The van der Waals surface area contributed by atoms with Gasteiger partial charge in [-0.1, -0.05) is 47.7 Å². The Hall–Kier alpha value is -4.83. The number of anilines is 2. The Labute approximate surface area is 285 Å². The van der Waals surface area contributed by atoms with Gasteiger partial charge in [-0.2, -0.15) is 5.10 Å². The third-order valence-electron chi connectivity index (χ3n) is 6.57. The van der Waals surface area contributed by atoms with Crippen LogP contribution in [0.1, 0.15) is 61.0 Å². The molecule has 16 heteroatoms. The van der Waals surface area contributed by atoms with E-state index in [1.807, 2.05) is 24.3 Å². The van der Waals surface area contributed by atoms with Crippen molar-refractivity contribution in [1.82, 2.24) is 25.7 Å². The molecule has 2 aromatic heterocycles. The zero-order valence-electron chi connectivity index (χ0n) is 27.2. The van der Waals surface area contributed by atoms with E-state index < -0.39 is 24.3 Å². The summed E-state index contributed by atoms with van der Waals surface area (Å²) in [5.41, 5.74) is 2.25. The number of aliphatic hydroxyl groups excluding tert-OH is 1. The van der Waals surface area contributed by atoms with Crippen molar-refractivity contribution in [2.45, 2.75) is 84.0 Å². The predicted octanol–water partition coefficient (Wildman–Crippen LogP) is 5.97. The Morgan fingerprint density at radius 1 is 0.898 bits per heavy atom. The highest BCUT2D eigenvalue weighted by Gasteiger charge is 2.31. The average Bonchev–Trinajstić information content (AvgIpc) is 3.44. The molecule has 0 aliphatic rings. The number of alkyl halides is 3. The van der Waals surface area contributed by atoms with Crippen LogP contribution >= 0.6 is 11.3 Å². The first-order chi connectivity index (χ1) is 23.2. The van der Waals surface area contributed by atoms with Gasteiger partial charge in [-0.25, -0.2) is 4.79 Å². The molecule has 4 aromatic rings. The molecule has 0 saturated heterocycles. The van der Waals surface area contributed by atoms with E-state index in [2.05, 4.69) is 41.1 Å². The quantitative estimate of drug-likeness (QED) is 0.0859. The summed E-state index contributed by atoms with van der Waals surface area (Å²) in [5, 5.41) is 36.3. The number of nitrogens with zero attached hydrogens (tertiary/aromatic N) is 4. The largest absolute Gasteiger partial charge is 0.573 e. The van der Waals surface area contributed by atoms with Crippen LogP contribution in [0.15, 0.2) is 60.7 Å². The predicted molar refractivity (Wildman–Crippen MR) is 177 cm³/mol. The highest BCUT2D eigenvalue weighted by Crippen LogP contribution is 2.24. The van der Waals surface area contributed by atoms with Crippen LogP contribution in [0.3, 0.4) is 0 Å². The molecule has 49 heavy (non-hydrogen) atoms. The van der Waals surface area contributed by atoms with Crippen molar-refractivity contribution in [3.63, 3.8) is 0 Å². The number of aryl methyl sites for hydroxylation is 2. The lowest BCUT2D eigenvalue weighted by molar-refractivity contribution is -0.274. The van der Waals surface area contributed by atoms with Gasteiger partial charge in [0.2, 0.25) is 11.0 Å². The highest BCUT2D eigenvalue weighted by atomic mass is 32.1. The number of unbranched alkanes of at least 4 members (excludes halogenated alkanes) is 1. The summed E-state index contributed by atoms with van der Waals surface area (Å²) in [6, 6.07) is 16.2. The third kappa shape index (κ3) is 14.0. The van der Waals surface area contributed by atoms with Crippen molar-refractivity contribution >= 4 is 34.3 Å². The van der Waals surface area contributed by atoms with Crippen molar-refractivity contribution < 1.29 is 37.3 Å². The molecule has 1 unspecified atom stereocenters. The number of aliphatic hydroxyl groups is 1. The number of hydrogen-bond donors (Lipinski definition) is 4. The minimum absolute atomic E-state index is 0.0278. The van der Waals surface area contributed by atoms with E-state index in [4.69, 9.17) is 4.74 Å². The molecule has 0 aliphatic carbocycles. The van der Waals surface area contributed by atoms with E-state index in [1.54, 1.807) is 39.0 Å². The molecule has 0 fully saturated rings. The Kier molecular flexibility index (Phi) is 12.8. The van der Waals surface area contributed by atoms with Gasteiger partial charge in [0.15, 0.2) is 5.82 Å². The van der Waals surface area contributed by atoms with Crippen molar-refractivity contribution in [2.24, 2.45) is 0 Å². The second kappa shape index (κ2) is 17.0. The summed E-state index contributed by atoms with van der Waals surface area (Å²) in [6.45, 7) is 5.65. The minimum atomic E-state index is -4.80. The van der Waals surface area contributed by atoms with E-state index in [0.29, 0.717) is 29.4 Å². The summed E-state index contributed by atoms with van der Waals surface area (Å²) in [7, 11) is 0. The molecule has 0 bridgehead atoms. The fourth-order valence-electron chi connectivity index (χ4n) is 4.56. The average molecular weight is 702 g/mol. The van der Waals surface area contributed by atoms with E-state index in [0.717, 1.165) is 34.7 Å². The topological polar surface area (TPSA) is 160 Å². The molecule has 1 atom stereocenters. The minimum Gasteiger partial charge on any atom is -0.444 e. The number of ether oxygens (including phenoxy) is 2. The standard InChI is InChI=1S/C33H38F3N7O5S/c1-32(2,3)48-31(46)37-20-23-10-6-8-21(16-23)18-28(45)39-30-43-42-29(49-30)13-5-4-11-24-14-15-26(41-40-24)38-27(44)19-22-9-7-12-25(17-22)47-33(34,35)36/h6-10,12,14-17,27,44H,4-5,11,13,18-20H2,1-3H3,(H,37,46)(H,38,41)(H,39,43,45). The van der Waals surface area contributed by atoms with Crippen molar-refractivity contribution in [2.75, 3.05) is 10.6 Å². The molecule has 4 N–H and O–H groups in total. The Morgan fingerprint density at radius 3 is 2.37 bits per heavy atom. The SMILES string of the molecule is CC(C)(C)OC(=O)NCc1cccc(CC(=O)Nc2nnc(CCCCc3ccc(NC(O)Cc4cccc(OC(F)(F)F)c4)nn3)s2)c1. The molecular weight excluding hydrogens is 663 g/mol. The van der Waals surface area contributed by atoms with Crippen LogP contribution in [0.4, 0.5) is 28.9 Å². The van der Waals surface area contributed by atoms with Crippen LogP contribution in [0, 0.1) is 0 Å². The molecule has 262 valence electrons. The van der Waals surface area contributed by atoms with Gasteiger partial charge in [0.05, 0.1) is 12.1 Å². The molecule has 0 aliphatic heterocycles. The number of aromatic nitrogens is 4. The monoisotopic (exact) mass is 701 g/mol. The van der Waals surface area contributed by atoms with Crippen molar-refractivity contribution in [1.29, 1.82) is 0 Å². The molecule has 12 nitrogen and oxygen atoms in total. The molecule has 2 heterocycles. The van der Waals surface area contributed by atoms with Gasteiger partial charge < -0.3 is 30.5 Å². The maximum absolute atomic E-state index is 12.6. The maximum Gasteiger partial charge on any atom is 0.573 e. The number of carbonyl (C=O) groups is 2. The van der Waals surface area contributed by atoms with E-state index in [1.165, 1.54) is 29.5 Å². The number of nitrogens with one attached hydrogen (secondary N) is 3. The van der Waals surface area contributed by atoms with E-state index >= 15 is 0 Å². The Morgan fingerprint density at radius 2 is 1.63 bits per heavy atom. The second-order valence-electron chi connectivity index (χ2n) is 12.1. The number of hydrogen-bond acceptors (Lipinski definition) is 11. The number of carbonyl (C=O) groups excluding carboxylic acids is 2. The summed E-state index contributed by atoms with van der Waals surface area (Å²) in [4.78, 5) is 24.5. The van der Waals surface area contributed by atoms with Gasteiger partial charge in [0, 0.05) is 19.4 Å². The summed E-state index contributed by atoms with van der Waals surface area (Å²) >= 11 is 1.32. The first kappa shape index (κ1) is 37.0. The number of benzene rings is 2. The second-order valence-corrected chi connectivity index (χ2v) is 13.1. The van der Waals surface area contributed by atoms with E-state index in [9.17, 15) is 27.9 Å². The molecule has 0 saturated carbocycles. The number of alkyl carbamates (subject to hydrolysis) is 1. The molecule has 2 amide bonds. The number of halogens is 3. The molecule has 0 spiro atoms. The van der Waals surface area contributed by atoms with Gasteiger partial charge in [-0.05, 0) is 81.0 Å². The van der Waals surface area contributed by atoms with Crippen LogP contribution in [-0.2, 0) is 41.8 Å². The first-order valence-electron chi connectivity index (χ1n) is 15.5. The third-order valence-corrected chi connectivity index (χ3v) is 7.47. The lowest BCUT2D eigenvalue weighted by Crippen LogP contribution is -2.32. The van der Waals surface area contributed by atoms with Crippen LogP contribution in [-0.4, -0.2) is 55.7 Å². The molecular formula is C33H38F3N7O5S. The first-order valence-corrected chi connectivity index (χ1v) is 16.3. The summed E-state index contributed by atoms with van der Waals surface area (Å²) in [6.07, 6.45) is -3.29. The molecule has 2 aromatic carbocycles. The fraction of sp³-hybridized carbons (Fsp3) is 0.394. The molecule has 0 radical (unpaired) electrons. The highest BCUT2D eigenvalue weighted by molar-refractivity contribution is 7.15. The Bertz CT molecular complexity index is 1680. The van der Waals surface area contributed by atoms with Crippen molar-refractivity contribution in [3.05, 3.63) is 88.1 Å². The Balaban J connectivity index is 1.14. The zero-order chi connectivity index (χ0) is 35.4. The zero-order valence-corrected chi connectivity index (χ0v) is 28.0. The lowest BCUT2D eigenvalue weighted by Gasteiger charge is -2.19. The van der Waals surface area contributed by atoms with Gasteiger partial charge in [0.25, 0.3) is 0 Å². The fourth-order valence-corrected chi connectivity index (χ4v) is 5.36. The van der Waals surface area contributed by atoms with Crippen LogP contribution in [0.25, 0.3) is 0 Å². The summed E-state index contributed by atoms with van der Waals surface area (Å²) in [5.74, 6) is -0.263. The smallest absolute Gasteiger partial charge is 0.444 e. The maximum atomic E-state index is 12.6. The van der Waals surface area contributed by atoms with Crippen molar-refractivity contribution in [3.8, 4) is 5.75 Å². The van der Waals surface area contributed by atoms with Gasteiger partial charge >= 0.3 is 12.5 Å². The van der Waals surface area contributed by atoms with Crippen LogP contribution in [0.5, 0.6) is 5.75 Å². The van der Waals surface area contributed by atoms with Crippen LogP contribution in [0.2, 0.25) is 0 Å². The normalized spacial score (nSPS) is 12.2. The van der Waals surface area contributed by atoms with Gasteiger partial charge in [0.1, 0.15) is 22.6 Å². The van der Waals surface area contributed by atoms with Gasteiger partial charge in [-0.15, -0.1) is 28.5 Å². The number of amides is 2. The van der Waals surface area contributed by atoms with Gasteiger partial charge in [-0.3, -0.25) is 4.79 Å². The van der Waals surface area contributed by atoms with Crippen LogP contribution < -0.4 is 20.7 Å². The number of rotatable bonds is 15. The lowest BCUT2D eigenvalue weighted by atomic mass is 10.1.